The van der Waals surface area contributed by atoms with Gasteiger partial charge in [0.1, 0.15) is 5.82 Å². The number of halogens is 2. The molecular weight excluding hydrogens is 304 g/mol. The first-order valence-corrected chi connectivity index (χ1v) is 7.10. The molecule has 0 bridgehead atoms. The second-order valence-electron chi connectivity index (χ2n) is 4.70. The first kappa shape index (κ1) is 11.8. The van der Waals surface area contributed by atoms with Crippen molar-refractivity contribution >= 4 is 33.3 Å². The van der Waals surface area contributed by atoms with Gasteiger partial charge in [-0.1, -0.05) is 11.6 Å². The summed E-state index contributed by atoms with van der Waals surface area (Å²) < 4.78 is 6.68. The van der Waals surface area contributed by atoms with Crippen LogP contribution in [0.25, 0.3) is 0 Å². The Morgan fingerprint density at radius 3 is 2.94 bits per heavy atom. The molecule has 2 heterocycles. The predicted octanol–water partition coefficient (Wildman–Crippen LogP) is 3.48. The molecule has 92 valence electrons. The number of aromatic nitrogens is 1. The summed E-state index contributed by atoms with van der Waals surface area (Å²) in [6.07, 6.45) is 5.73. The van der Waals surface area contributed by atoms with Gasteiger partial charge in [0.2, 0.25) is 0 Å². The Labute approximate surface area is 114 Å². The second kappa shape index (κ2) is 4.75. The van der Waals surface area contributed by atoms with Crippen LogP contribution in [-0.2, 0) is 4.74 Å². The molecule has 2 unspecified atom stereocenters. The van der Waals surface area contributed by atoms with Crippen LogP contribution in [0.5, 0.6) is 0 Å². The number of pyridine rings is 1. The van der Waals surface area contributed by atoms with Crippen molar-refractivity contribution in [2.75, 3.05) is 11.9 Å². The monoisotopic (exact) mass is 316 g/mol. The molecule has 17 heavy (non-hydrogen) atoms. The quantitative estimate of drug-likeness (QED) is 0.927. The van der Waals surface area contributed by atoms with Crippen molar-refractivity contribution in [2.45, 2.75) is 31.4 Å². The van der Waals surface area contributed by atoms with Crippen LogP contribution in [0.1, 0.15) is 19.3 Å². The SMILES string of the molecule is Clc1cc(Br)cnc1NC1CCOC1C1CC1. The number of hydrogen-bond acceptors (Lipinski definition) is 3. The van der Waals surface area contributed by atoms with E-state index < -0.39 is 0 Å². The highest BCUT2D eigenvalue weighted by Crippen LogP contribution is 2.40. The average molecular weight is 318 g/mol. The van der Waals surface area contributed by atoms with Crippen LogP contribution in [-0.4, -0.2) is 23.7 Å². The minimum atomic E-state index is 0.344. The van der Waals surface area contributed by atoms with Gasteiger partial charge in [-0.25, -0.2) is 4.98 Å². The molecule has 5 heteroatoms. The van der Waals surface area contributed by atoms with Crippen LogP contribution in [0, 0.1) is 5.92 Å². The van der Waals surface area contributed by atoms with Gasteiger partial charge in [0.15, 0.2) is 0 Å². The molecule has 1 saturated heterocycles. The van der Waals surface area contributed by atoms with E-state index in [-0.39, 0.29) is 0 Å². The minimum absolute atomic E-state index is 0.344. The fraction of sp³-hybridized carbons (Fsp3) is 0.583. The molecule has 2 fully saturated rings. The normalized spacial score (nSPS) is 28.4. The molecule has 0 spiro atoms. The van der Waals surface area contributed by atoms with Crippen molar-refractivity contribution in [1.82, 2.24) is 4.98 Å². The molecule has 0 aromatic carbocycles. The van der Waals surface area contributed by atoms with Crippen molar-refractivity contribution in [3.8, 4) is 0 Å². The maximum absolute atomic E-state index is 6.16. The average Bonchev–Trinajstić information content (AvgIpc) is 3.03. The number of rotatable bonds is 3. The highest BCUT2D eigenvalue weighted by Gasteiger charge is 2.40. The Bertz CT molecular complexity index is 425. The zero-order valence-corrected chi connectivity index (χ0v) is 11.7. The first-order chi connectivity index (χ1) is 8.24. The maximum Gasteiger partial charge on any atom is 0.145 e. The van der Waals surface area contributed by atoms with E-state index >= 15 is 0 Å². The first-order valence-electron chi connectivity index (χ1n) is 5.93. The number of nitrogens with zero attached hydrogens (tertiary/aromatic N) is 1. The fourth-order valence-electron chi connectivity index (χ4n) is 2.35. The van der Waals surface area contributed by atoms with E-state index in [1.807, 2.05) is 6.07 Å². The number of anilines is 1. The molecular formula is C12H14BrClN2O. The maximum atomic E-state index is 6.16. The highest BCUT2D eigenvalue weighted by molar-refractivity contribution is 9.10. The lowest BCUT2D eigenvalue weighted by atomic mass is 10.1. The number of nitrogens with one attached hydrogen (secondary N) is 1. The molecule has 2 atom stereocenters. The molecule has 0 amide bonds. The third-order valence-corrected chi connectivity index (χ3v) is 4.07. The number of hydrogen-bond donors (Lipinski definition) is 1. The van der Waals surface area contributed by atoms with E-state index in [0.29, 0.717) is 17.2 Å². The van der Waals surface area contributed by atoms with Gasteiger partial charge in [-0.05, 0) is 47.2 Å². The summed E-state index contributed by atoms with van der Waals surface area (Å²) in [6.45, 7) is 0.840. The molecule has 1 aromatic rings. The van der Waals surface area contributed by atoms with Gasteiger partial charge in [-0.2, -0.15) is 0 Å². The van der Waals surface area contributed by atoms with Crippen LogP contribution < -0.4 is 5.32 Å². The summed E-state index contributed by atoms with van der Waals surface area (Å²) in [7, 11) is 0. The van der Waals surface area contributed by atoms with Crippen molar-refractivity contribution in [2.24, 2.45) is 5.92 Å². The van der Waals surface area contributed by atoms with Crippen molar-refractivity contribution < 1.29 is 4.74 Å². The lowest BCUT2D eigenvalue weighted by molar-refractivity contribution is 0.0898. The van der Waals surface area contributed by atoms with Crippen LogP contribution in [0.2, 0.25) is 5.02 Å². The highest BCUT2D eigenvalue weighted by atomic mass is 79.9. The summed E-state index contributed by atoms with van der Waals surface area (Å²) in [6, 6.07) is 2.22. The van der Waals surface area contributed by atoms with Crippen LogP contribution in [0.15, 0.2) is 16.7 Å². The lowest BCUT2D eigenvalue weighted by Gasteiger charge is -2.20. The Morgan fingerprint density at radius 2 is 2.24 bits per heavy atom. The topological polar surface area (TPSA) is 34.2 Å². The zero-order chi connectivity index (χ0) is 11.8. The van der Waals surface area contributed by atoms with E-state index in [4.69, 9.17) is 16.3 Å². The van der Waals surface area contributed by atoms with Crippen molar-refractivity contribution in [3.63, 3.8) is 0 Å². The van der Waals surface area contributed by atoms with Gasteiger partial charge in [0.25, 0.3) is 0 Å². The van der Waals surface area contributed by atoms with E-state index in [1.165, 1.54) is 12.8 Å². The Hall–Kier alpha value is -0.320. The van der Waals surface area contributed by atoms with Gasteiger partial charge in [-0.3, -0.25) is 0 Å². The van der Waals surface area contributed by atoms with E-state index in [0.717, 1.165) is 29.2 Å². The molecule has 1 aliphatic carbocycles. The van der Waals surface area contributed by atoms with Gasteiger partial charge < -0.3 is 10.1 Å². The largest absolute Gasteiger partial charge is 0.376 e. The summed E-state index contributed by atoms with van der Waals surface area (Å²) in [5.74, 6) is 1.50. The molecule has 3 nitrogen and oxygen atoms in total. The molecule has 1 N–H and O–H groups in total. The standard InChI is InChI=1S/C12H14BrClN2O/c13-8-5-9(14)12(15-6-8)16-10-3-4-17-11(10)7-1-2-7/h5-7,10-11H,1-4H2,(H,15,16). The smallest absolute Gasteiger partial charge is 0.145 e. The van der Waals surface area contributed by atoms with Crippen molar-refractivity contribution in [1.29, 1.82) is 0 Å². The fourth-order valence-corrected chi connectivity index (χ4v) is 3.04. The van der Waals surface area contributed by atoms with Crippen LogP contribution in [0.3, 0.4) is 0 Å². The predicted molar refractivity (Wildman–Crippen MR) is 71.4 cm³/mol. The van der Waals surface area contributed by atoms with E-state index in [9.17, 15) is 0 Å². The van der Waals surface area contributed by atoms with Crippen molar-refractivity contribution in [3.05, 3.63) is 21.8 Å². The van der Waals surface area contributed by atoms with Gasteiger partial charge in [0.05, 0.1) is 17.2 Å². The second-order valence-corrected chi connectivity index (χ2v) is 6.02. The van der Waals surface area contributed by atoms with Gasteiger partial charge in [-0.15, -0.1) is 0 Å². The molecule has 1 aromatic heterocycles. The van der Waals surface area contributed by atoms with E-state index in [1.54, 1.807) is 6.20 Å². The Kier molecular flexibility index (Phi) is 3.28. The zero-order valence-electron chi connectivity index (χ0n) is 9.33. The molecule has 1 saturated carbocycles. The third-order valence-electron chi connectivity index (χ3n) is 3.35. The number of ether oxygens (including phenoxy) is 1. The molecule has 0 radical (unpaired) electrons. The molecule has 3 rings (SSSR count). The van der Waals surface area contributed by atoms with E-state index in [2.05, 4.69) is 26.2 Å². The van der Waals surface area contributed by atoms with Crippen LogP contribution >= 0.6 is 27.5 Å². The minimum Gasteiger partial charge on any atom is -0.376 e. The molecule has 2 aliphatic rings. The third kappa shape index (κ3) is 2.59. The summed E-state index contributed by atoms with van der Waals surface area (Å²) in [4.78, 5) is 4.31. The molecule has 1 aliphatic heterocycles. The van der Waals surface area contributed by atoms with Gasteiger partial charge in [0, 0.05) is 17.3 Å². The Balaban J connectivity index is 1.72. The summed E-state index contributed by atoms with van der Waals surface area (Å²) in [5, 5.41) is 4.07. The van der Waals surface area contributed by atoms with Crippen LogP contribution in [0.4, 0.5) is 5.82 Å². The Morgan fingerprint density at radius 1 is 1.41 bits per heavy atom. The van der Waals surface area contributed by atoms with Gasteiger partial charge >= 0.3 is 0 Å². The summed E-state index contributed by atoms with van der Waals surface area (Å²) >= 11 is 9.51. The lowest BCUT2D eigenvalue weighted by Crippen LogP contribution is -2.31. The summed E-state index contributed by atoms with van der Waals surface area (Å²) in [5.41, 5.74) is 0.